The van der Waals surface area contributed by atoms with Crippen molar-refractivity contribution in [3.63, 3.8) is 0 Å². The zero-order valence-electron chi connectivity index (χ0n) is 12.7. The minimum Gasteiger partial charge on any atom is -0.369 e. The Balaban J connectivity index is 2.26. The van der Waals surface area contributed by atoms with Crippen molar-refractivity contribution in [3.05, 3.63) is 18.3 Å². The summed E-state index contributed by atoms with van der Waals surface area (Å²) in [5, 5.41) is 3.11. The summed E-state index contributed by atoms with van der Waals surface area (Å²) in [5.41, 5.74) is 0. The van der Waals surface area contributed by atoms with Crippen LogP contribution < -0.4 is 5.32 Å². The third-order valence-electron chi connectivity index (χ3n) is 3.61. The summed E-state index contributed by atoms with van der Waals surface area (Å²) >= 11 is 0. The van der Waals surface area contributed by atoms with Gasteiger partial charge in [0.05, 0.1) is 0 Å². The molecule has 1 aromatic rings. The average molecular weight is 312 g/mol. The van der Waals surface area contributed by atoms with E-state index in [2.05, 4.69) is 15.2 Å². The number of anilines is 1. The molecule has 0 radical (unpaired) electrons. The van der Waals surface area contributed by atoms with E-state index >= 15 is 0 Å². The van der Waals surface area contributed by atoms with Gasteiger partial charge >= 0.3 is 0 Å². The predicted molar refractivity (Wildman–Crippen MR) is 83.9 cm³/mol. The second-order valence-electron chi connectivity index (χ2n) is 5.34. The molecule has 2 heterocycles. The summed E-state index contributed by atoms with van der Waals surface area (Å²) in [6.07, 6.45) is 3.39. The Kier molecular flexibility index (Phi) is 5.55. The van der Waals surface area contributed by atoms with Crippen molar-refractivity contribution in [2.75, 3.05) is 45.1 Å². The Morgan fingerprint density at radius 2 is 2.10 bits per heavy atom. The van der Waals surface area contributed by atoms with E-state index in [-0.39, 0.29) is 4.90 Å². The summed E-state index contributed by atoms with van der Waals surface area (Å²) in [5.74, 6) is 0.456. The van der Waals surface area contributed by atoms with Crippen LogP contribution in [0.1, 0.15) is 19.8 Å². The number of aromatic nitrogens is 1. The number of pyridine rings is 1. The fourth-order valence-electron chi connectivity index (χ4n) is 2.38. The van der Waals surface area contributed by atoms with Gasteiger partial charge in [-0.25, -0.2) is 13.4 Å². The van der Waals surface area contributed by atoms with Crippen molar-refractivity contribution < 1.29 is 8.42 Å². The molecule has 0 spiro atoms. The molecule has 0 saturated carbocycles. The maximum atomic E-state index is 12.9. The summed E-state index contributed by atoms with van der Waals surface area (Å²) in [4.78, 5) is 6.63. The van der Waals surface area contributed by atoms with Crippen molar-refractivity contribution in [2.24, 2.45) is 0 Å². The largest absolute Gasteiger partial charge is 0.369 e. The van der Waals surface area contributed by atoms with Gasteiger partial charge in [0.15, 0.2) is 0 Å². The molecule has 0 amide bonds. The molecule has 1 saturated heterocycles. The Bertz CT molecular complexity index is 562. The summed E-state index contributed by atoms with van der Waals surface area (Å²) in [7, 11) is -1.47. The van der Waals surface area contributed by atoms with E-state index in [1.54, 1.807) is 22.6 Å². The highest BCUT2D eigenvalue weighted by Gasteiger charge is 2.28. The molecule has 0 aromatic carbocycles. The van der Waals surface area contributed by atoms with Gasteiger partial charge in [0.2, 0.25) is 10.0 Å². The molecular formula is C14H24N4O2S. The topological polar surface area (TPSA) is 65.5 Å². The average Bonchev–Trinajstić information content (AvgIpc) is 2.70. The molecule has 1 aromatic heterocycles. The van der Waals surface area contributed by atoms with Crippen LogP contribution in [-0.4, -0.2) is 62.4 Å². The monoisotopic (exact) mass is 312 g/mol. The molecule has 1 aliphatic heterocycles. The highest BCUT2D eigenvalue weighted by molar-refractivity contribution is 7.89. The summed E-state index contributed by atoms with van der Waals surface area (Å²) in [6, 6.07) is 3.31. The van der Waals surface area contributed by atoms with Crippen LogP contribution in [0, 0.1) is 0 Å². The van der Waals surface area contributed by atoms with Crippen molar-refractivity contribution >= 4 is 15.8 Å². The third-order valence-corrected chi connectivity index (χ3v) is 5.54. The molecule has 0 aliphatic carbocycles. The Labute approximate surface area is 127 Å². The molecule has 21 heavy (non-hydrogen) atoms. The molecule has 1 aliphatic rings. The lowest BCUT2D eigenvalue weighted by atomic mass is 10.4. The minimum absolute atomic E-state index is 0.281. The van der Waals surface area contributed by atoms with Gasteiger partial charge in [-0.15, -0.1) is 0 Å². The van der Waals surface area contributed by atoms with Gasteiger partial charge in [-0.3, -0.25) is 0 Å². The molecule has 0 bridgehead atoms. The summed E-state index contributed by atoms with van der Waals surface area (Å²) < 4.78 is 27.3. The molecule has 2 rings (SSSR count). The third kappa shape index (κ3) is 3.93. The van der Waals surface area contributed by atoms with Crippen molar-refractivity contribution in [3.8, 4) is 0 Å². The maximum Gasteiger partial charge on any atom is 0.246 e. The molecule has 0 unspecified atom stereocenters. The minimum atomic E-state index is -3.49. The zero-order valence-corrected chi connectivity index (χ0v) is 13.6. The second kappa shape index (κ2) is 7.20. The number of rotatable bonds is 5. The zero-order chi connectivity index (χ0) is 15.3. The predicted octanol–water partition coefficient (Wildman–Crippen LogP) is 1.23. The number of hydrogen-bond donors (Lipinski definition) is 1. The van der Waals surface area contributed by atoms with Crippen LogP contribution in [0.5, 0.6) is 0 Å². The van der Waals surface area contributed by atoms with Crippen molar-refractivity contribution in [1.82, 2.24) is 14.2 Å². The van der Waals surface area contributed by atoms with Crippen LogP contribution >= 0.6 is 0 Å². The molecule has 7 heteroatoms. The Hall–Kier alpha value is -1.18. The lowest BCUT2D eigenvalue weighted by Crippen LogP contribution is -2.35. The molecule has 1 N–H and O–H groups in total. The van der Waals surface area contributed by atoms with Gasteiger partial charge in [-0.05, 0) is 38.6 Å². The van der Waals surface area contributed by atoms with Gasteiger partial charge in [0.25, 0.3) is 0 Å². The fraction of sp³-hybridized carbons (Fsp3) is 0.643. The van der Waals surface area contributed by atoms with Crippen LogP contribution in [0.2, 0.25) is 0 Å². The van der Waals surface area contributed by atoms with Crippen LogP contribution in [0.4, 0.5) is 5.82 Å². The van der Waals surface area contributed by atoms with Crippen molar-refractivity contribution in [2.45, 2.75) is 24.7 Å². The van der Waals surface area contributed by atoms with E-state index in [4.69, 9.17) is 0 Å². The molecule has 6 nitrogen and oxygen atoms in total. The lowest BCUT2D eigenvalue weighted by molar-refractivity contribution is 0.347. The van der Waals surface area contributed by atoms with Gasteiger partial charge in [0, 0.05) is 32.4 Å². The first-order valence-corrected chi connectivity index (χ1v) is 8.87. The van der Waals surface area contributed by atoms with E-state index in [0.717, 1.165) is 25.9 Å². The van der Waals surface area contributed by atoms with Gasteiger partial charge in [-0.1, -0.05) is 6.92 Å². The Morgan fingerprint density at radius 3 is 2.86 bits per heavy atom. The van der Waals surface area contributed by atoms with Crippen molar-refractivity contribution in [1.29, 1.82) is 0 Å². The first-order chi connectivity index (χ1) is 10.1. The van der Waals surface area contributed by atoms with Gasteiger partial charge in [0.1, 0.15) is 10.7 Å². The summed E-state index contributed by atoms with van der Waals surface area (Å²) in [6.45, 7) is 5.53. The number of hydrogen-bond acceptors (Lipinski definition) is 5. The van der Waals surface area contributed by atoms with E-state index in [1.807, 2.05) is 14.0 Å². The Morgan fingerprint density at radius 1 is 1.29 bits per heavy atom. The quantitative estimate of drug-likeness (QED) is 0.886. The van der Waals surface area contributed by atoms with E-state index in [0.29, 0.717) is 25.5 Å². The lowest BCUT2D eigenvalue weighted by Gasteiger charge is -2.21. The van der Waals surface area contributed by atoms with E-state index in [9.17, 15) is 8.42 Å². The smallest absolute Gasteiger partial charge is 0.246 e. The number of likely N-dealkylation sites (N-methyl/N-ethyl adjacent to an activating group) is 1. The second-order valence-corrected chi connectivity index (χ2v) is 7.24. The van der Waals surface area contributed by atoms with Crippen LogP contribution in [0.15, 0.2) is 23.2 Å². The normalized spacial score (nSPS) is 18.4. The first kappa shape index (κ1) is 16.2. The number of nitrogens with zero attached hydrogens (tertiary/aromatic N) is 3. The molecule has 0 atom stereocenters. The highest BCUT2D eigenvalue weighted by atomic mass is 32.2. The molecule has 1 fully saturated rings. The SMILES string of the molecule is CCCNc1ncccc1S(=O)(=O)N1CCCN(C)CC1. The van der Waals surface area contributed by atoms with E-state index < -0.39 is 10.0 Å². The highest BCUT2D eigenvalue weighted by Crippen LogP contribution is 2.23. The van der Waals surface area contributed by atoms with E-state index in [1.165, 1.54) is 0 Å². The molecular weight excluding hydrogens is 288 g/mol. The maximum absolute atomic E-state index is 12.9. The number of nitrogens with one attached hydrogen (secondary N) is 1. The number of sulfonamides is 1. The van der Waals surface area contributed by atoms with Crippen LogP contribution in [0.3, 0.4) is 0 Å². The van der Waals surface area contributed by atoms with Gasteiger partial charge < -0.3 is 10.2 Å². The molecule has 118 valence electrons. The van der Waals surface area contributed by atoms with Crippen LogP contribution in [-0.2, 0) is 10.0 Å². The first-order valence-electron chi connectivity index (χ1n) is 7.43. The van der Waals surface area contributed by atoms with Gasteiger partial charge in [-0.2, -0.15) is 4.31 Å². The fourth-order valence-corrected chi connectivity index (χ4v) is 3.97. The standard InChI is InChI=1S/C14H24N4O2S/c1-3-7-15-14-13(6-4-8-16-14)21(19,20)18-10-5-9-17(2)11-12-18/h4,6,8H,3,5,7,9-12H2,1-2H3,(H,15,16). The van der Waals surface area contributed by atoms with Crippen LogP contribution in [0.25, 0.3) is 0 Å².